The summed E-state index contributed by atoms with van der Waals surface area (Å²) in [4.78, 5) is 2.44. The van der Waals surface area contributed by atoms with Gasteiger partial charge >= 0.3 is 199 Å². The Morgan fingerprint density at radius 1 is 0.414 bits per heavy atom. The quantitative estimate of drug-likeness (QED) is 0.172. The van der Waals surface area contributed by atoms with E-state index in [0.717, 1.165) is 0 Å². The van der Waals surface area contributed by atoms with Crippen molar-refractivity contribution in [3.8, 4) is 26.1 Å². The van der Waals surface area contributed by atoms with Gasteiger partial charge in [-0.25, -0.2) is 0 Å². The first kappa shape index (κ1) is 30.1. The standard InChI is InChI=1S/3C8H15Ge.CH3.Sn/c3*1-5-9(6-2,7-3)8-4;;/h3*5-7H2,1-3H3;1H3;. The van der Waals surface area contributed by atoms with E-state index in [1.165, 1.54) is 47.3 Å². The van der Waals surface area contributed by atoms with Crippen molar-refractivity contribution in [3.05, 3.63) is 0 Å². The summed E-state index contributed by atoms with van der Waals surface area (Å²) in [5.41, 5.74) is 0. The summed E-state index contributed by atoms with van der Waals surface area (Å²) in [7, 11) is 0. The summed E-state index contributed by atoms with van der Waals surface area (Å²) in [6.45, 7) is 21.4. The normalized spacial score (nSPS) is 12.2. The van der Waals surface area contributed by atoms with Crippen molar-refractivity contribution in [1.82, 2.24) is 0 Å². The van der Waals surface area contributed by atoms with Crippen LogP contribution in [0.2, 0.25) is 52.2 Å². The molecule has 0 aliphatic rings. The van der Waals surface area contributed by atoms with Crippen LogP contribution >= 0.6 is 0 Å². The maximum absolute atomic E-state index is 3.97. The second-order valence-electron chi connectivity index (χ2n) is 8.90. The molecule has 0 aromatic rings. The Morgan fingerprint density at radius 3 is 0.724 bits per heavy atom. The van der Waals surface area contributed by atoms with Crippen LogP contribution in [0.5, 0.6) is 0 Å². The predicted octanol–water partition coefficient (Wildman–Crippen LogP) is 7.84. The molecule has 0 unspecified atom stereocenters. The van der Waals surface area contributed by atoms with Gasteiger partial charge in [-0.15, -0.1) is 0 Å². The molecular formula is C25H48Ge3Sn. The molecule has 0 aliphatic heterocycles. The van der Waals surface area contributed by atoms with Gasteiger partial charge in [0.05, 0.1) is 0 Å². The summed E-state index contributed by atoms with van der Waals surface area (Å²) in [5.74, 6) is 0. The van der Waals surface area contributed by atoms with Crippen LogP contribution in [0.15, 0.2) is 0 Å². The second kappa shape index (κ2) is 14.3. The monoisotopic (exact) mass is 690 g/mol. The minimum atomic E-state index is -3.06. The van der Waals surface area contributed by atoms with E-state index in [-0.39, 0.29) is 0 Å². The zero-order valence-electron chi connectivity index (χ0n) is 21.4. The van der Waals surface area contributed by atoms with Gasteiger partial charge in [-0.3, -0.25) is 0 Å². The first-order chi connectivity index (χ1) is 13.7. The molecule has 0 fully saturated rings. The molecule has 0 aromatic heterocycles. The second-order valence-corrected chi connectivity index (χ2v) is 48.5. The van der Waals surface area contributed by atoms with Crippen molar-refractivity contribution in [3.63, 3.8) is 0 Å². The Morgan fingerprint density at radius 2 is 0.586 bits per heavy atom. The van der Waals surface area contributed by atoms with E-state index in [9.17, 15) is 0 Å². The molecule has 0 saturated heterocycles. The van der Waals surface area contributed by atoms with Crippen LogP contribution in [0.3, 0.4) is 0 Å². The van der Waals surface area contributed by atoms with E-state index in [4.69, 9.17) is 0 Å². The Labute approximate surface area is 196 Å². The molecule has 0 amide bonds. The molecule has 0 bridgehead atoms. The van der Waals surface area contributed by atoms with Crippen molar-refractivity contribution < 1.29 is 0 Å². The van der Waals surface area contributed by atoms with Crippen molar-refractivity contribution in [2.75, 3.05) is 0 Å². The molecule has 0 atom stereocenters. The minimum absolute atomic E-state index is 1.32. The third-order valence-electron chi connectivity index (χ3n) is 7.82. The molecule has 0 nitrogen and oxygen atoms in total. The zero-order valence-corrected chi connectivity index (χ0v) is 30.5. The fourth-order valence-electron chi connectivity index (χ4n) is 3.91. The van der Waals surface area contributed by atoms with E-state index in [1.807, 2.05) is 0 Å². The van der Waals surface area contributed by atoms with Crippen molar-refractivity contribution >= 4 is 58.2 Å². The van der Waals surface area contributed by atoms with Crippen molar-refractivity contribution in [2.24, 2.45) is 0 Å². The number of rotatable bonds is 9. The van der Waals surface area contributed by atoms with E-state index >= 15 is 0 Å². The summed E-state index contributed by atoms with van der Waals surface area (Å²) in [6, 6.07) is 0. The fourth-order valence-corrected chi connectivity index (χ4v) is 43.4. The van der Waals surface area contributed by atoms with Gasteiger partial charge < -0.3 is 0 Å². The Kier molecular flexibility index (Phi) is 14.8. The van der Waals surface area contributed by atoms with Gasteiger partial charge in [-0.1, -0.05) is 0 Å². The molecule has 0 radical (unpaired) electrons. The SMILES string of the molecule is C[CH2][Ge]([C]#[C][Sn]([CH3])([C]#[C][Ge]([CH2]C)([CH2]C)[CH2]C)[C]#[C][Ge]([CH2]C)([CH2]C)[CH2]C)([CH2]C)[CH2]C. The van der Waals surface area contributed by atoms with Crippen LogP contribution in [-0.4, -0.2) is 58.2 Å². The number of hydrogen-bond acceptors (Lipinski definition) is 0. The fraction of sp³-hybridized carbons (Fsp3) is 0.760. The Hall–Kier alpha value is 1.11. The van der Waals surface area contributed by atoms with E-state index < -0.39 is 58.2 Å². The molecule has 0 saturated carbocycles. The predicted molar refractivity (Wildman–Crippen MR) is 147 cm³/mol. The molecule has 4 heteroatoms. The molecular weight excluding hydrogens is 637 g/mol. The van der Waals surface area contributed by atoms with Gasteiger partial charge in [0.2, 0.25) is 0 Å². The summed E-state index contributed by atoms with van der Waals surface area (Å²) < 4.78 is 23.7. The van der Waals surface area contributed by atoms with E-state index in [1.54, 1.807) is 0 Å². The average Bonchev–Trinajstić information content (AvgIpc) is 2.78. The first-order valence-corrected chi connectivity index (χ1v) is 35.9. The Balaban J connectivity index is 6.54. The molecule has 0 aromatic carbocycles. The van der Waals surface area contributed by atoms with Gasteiger partial charge in [0.1, 0.15) is 0 Å². The van der Waals surface area contributed by atoms with Crippen molar-refractivity contribution in [2.45, 2.75) is 115 Å². The van der Waals surface area contributed by atoms with Crippen LogP contribution in [0.25, 0.3) is 0 Å². The molecule has 0 N–H and O–H groups in total. The molecule has 0 aliphatic carbocycles. The molecule has 0 heterocycles. The maximum atomic E-state index is 3.97. The van der Waals surface area contributed by atoms with E-state index in [2.05, 4.69) is 93.3 Å². The third-order valence-corrected chi connectivity index (χ3v) is 47.4. The Bertz CT molecular complexity index is 548. The van der Waals surface area contributed by atoms with Crippen LogP contribution in [0.1, 0.15) is 62.3 Å². The summed E-state index contributed by atoms with van der Waals surface area (Å²) in [6.07, 6.45) is 0. The molecule has 29 heavy (non-hydrogen) atoms. The van der Waals surface area contributed by atoms with Gasteiger partial charge in [-0.2, -0.15) is 0 Å². The first-order valence-electron chi connectivity index (χ1n) is 12.3. The van der Waals surface area contributed by atoms with Crippen LogP contribution in [0.4, 0.5) is 0 Å². The third kappa shape index (κ3) is 8.87. The average molecular weight is 685 g/mol. The van der Waals surface area contributed by atoms with Gasteiger partial charge in [-0.05, 0) is 0 Å². The zero-order chi connectivity index (χ0) is 22.6. The topological polar surface area (TPSA) is 0 Å². The summed E-state index contributed by atoms with van der Waals surface area (Å²) >= 11 is -9.07. The number of hydrogen-bond donors (Lipinski definition) is 0. The molecule has 164 valence electrons. The van der Waals surface area contributed by atoms with Crippen LogP contribution in [0, 0.1) is 26.1 Å². The van der Waals surface area contributed by atoms with Crippen LogP contribution < -0.4 is 0 Å². The molecule has 0 rings (SSSR count). The summed E-state index contributed by atoms with van der Waals surface area (Å²) in [5, 5.41) is 11.9. The van der Waals surface area contributed by atoms with Crippen molar-refractivity contribution in [1.29, 1.82) is 0 Å². The van der Waals surface area contributed by atoms with Gasteiger partial charge in [0, 0.05) is 0 Å². The van der Waals surface area contributed by atoms with E-state index in [0.29, 0.717) is 0 Å². The molecule has 0 spiro atoms. The van der Waals surface area contributed by atoms with Gasteiger partial charge in [0.25, 0.3) is 0 Å². The van der Waals surface area contributed by atoms with Crippen LogP contribution in [-0.2, 0) is 0 Å². The van der Waals surface area contributed by atoms with Gasteiger partial charge in [0.15, 0.2) is 0 Å².